The molecule has 8 rings (SSSR count). The van der Waals surface area contributed by atoms with Gasteiger partial charge in [-0.3, -0.25) is 4.90 Å². The molecule has 2 bridgehead atoms. The van der Waals surface area contributed by atoms with Gasteiger partial charge in [0, 0.05) is 24.2 Å². The second-order valence-corrected chi connectivity index (χ2v) is 14.7. The van der Waals surface area contributed by atoms with Gasteiger partial charge in [0.15, 0.2) is 29.9 Å². The Bertz CT molecular complexity index is 1940. The van der Waals surface area contributed by atoms with Crippen molar-refractivity contribution in [3.63, 3.8) is 0 Å². The number of anilines is 1. The number of hydrogen-bond donors (Lipinski definition) is 1. The van der Waals surface area contributed by atoms with Crippen LogP contribution in [0.15, 0.2) is 85.2 Å². The molecule has 1 aliphatic carbocycles. The third kappa shape index (κ3) is 9.34. The van der Waals surface area contributed by atoms with Crippen LogP contribution >= 0.6 is 23.2 Å². The van der Waals surface area contributed by atoms with E-state index in [1.807, 2.05) is 30.3 Å². The molecule has 4 aliphatic rings. The third-order valence-corrected chi connectivity index (χ3v) is 10.7. The fourth-order valence-electron chi connectivity index (χ4n) is 6.95. The van der Waals surface area contributed by atoms with E-state index in [4.69, 9.17) is 42.1 Å². The Morgan fingerprint density at radius 2 is 1.65 bits per heavy atom. The van der Waals surface area contributed by atoms with Crippen molar-refractivity contribution in [2.24, 2.45) is 11.8 Å². The maximum atomic E-state index is 13.9. The fraction of sp³-hybridized carbons (Fsp3) is 0.375. The maximum Gasteiger partial charge on any atom is 0.387 e. The van der Waals surface area contributed by atoms with Crippen LogP contribution < -0.4 is 19.5 Å². The first-order valence-corrected chi connectivity index (χ1v) is 18.7. The van der Waals surface area contributed by atoms with E-state index in [1.54, 1.807) is 24.3 Å². The lowest BCUT2D eigenvalue weighted by molar-refractivity contribution is -0.605. The summed E-state index contributed by atoms with van der Waals surface area (Å²) in [7, 11) is 0. The third-order valence-electron chi connectivity index (χ3n) is 10.1. The Morgan fingerprint density at radius 1 is 0.907 bits per heavy atom. The number of esters is 2. The number of hydrogen-bond acceptors (Lipinski definition) is 9. The number of rotatable bonds is 15. The topological polar surface area (TPSA) is 113 Å². The largest absolute Gasteiger partial charge is 0.619 e. The van der Waals surface area contributed by atoms with Gasteiger partial charge in [0.1, 0.15) is 22.3 Å². The minimum absolute atomic E-state index is 0.0460. The predicted molar refractivity (Wildman–Crippen MR) is 197 cm³/mol. The molecule has 14 heteroatoms. The van der Waals surface area contributed by atoms with Gasteiger partial charge in [-0.05, 0) is 92.1 Å². The van der Waals surface area contributed by atoms with Gasteiger partial charge >= 0.3 is 18.6 Å². The van der Waals surface area contributed by atoms with Gasteiger partial charge in [0.05, 0.1) is 12.2 Å². The van der Waals surface area contributed by atoms with E-state index in [-0.39, 0.29) is 39.6 Å². The highest BCUT2D eigenvalue weighted by atomic mass is 35.5. The molecule has 3 aliphatic heterocycles. The van der Waals surface area contributed by atoms with E-state index in [0.717, 1.165) is 51.2 Å². The van der Waals surface area contributed by atoms with Crippen LogP contribution in [-0.4, -0.2) is 55.8 Å². The van der Waals surface area contributed by atoms with Crippen molar-refractivity contribution in [2.75, 3.05) is 31.6 Å². The molecule has 1 saturated carbocycles. The zero-order valence-corrected chi connectivity index (χ0v) is 30.7. The maximum absolute atomic E-state index is 13.9. The number of carbonyl (C=O) groups is 2. The Labute approximate surface area is 321 Å². The molecule has 3 aromatic carbocycles. The highest BCUT2D eigenvalue weighted by Gasteiger charge is 2.38. The number of fused-ring (bicyclic) bond motifs is 3. The van der Waals surface area contributed by atoms with Crippen LogP contribution in [0.3, 0.4) is 0 Å². The van der Waals surface area contributed by atoms with E-state index in [9.17, 15) is 23.6 Å². The number of pyridine rings is 1. The number of ether oxygens (including phenoxy) is 4. The number of carbonyl (C=O) groups excluding carboxylic acids is 2. The fourth-order valence-corrected chi connectivity index (χ4v) is 7.55. The molecule has 1 aromatic heterocycles. The number of benzene rings is 3. The van der Waals surface area contributed by atoms with E-state index in [2.05, 4.69) is 10.2 Å². The van der Waals surface area contributed by atoms with Crippen molar-refractivity contribution in [3.05, 3.63) is 123 Å². The molecule has 0 radical (unpaired) electrons. The lowest BCUT2D eigenvalue weighted by Gasteiger charge is -2.44. The van der Waals surface area contributed by atoms with Crippen LogP contribution in [0.2, 0.25) is 10.0 Å². The zero-order chi connectivity index (χ0) is 37.8. The SMILES string of the molecule is O=C(O[C@@H](Cc1c(Cl)c[n+]([O-])cc1Cl)c1ccc(OC(F)F)c(OCC2CC2)c1)c1cccc(NC(C(=O)O[C@H]2CN3CCC2CC3)c2ccccc2)c1. The zero-order valence-electron chi connectivity index (χ0n) is 29.2. The van der Waals surface area contributed by atoms with Crippen molar-refractivity contribution >= 4 is 40.8 Å². The van der Waals surface area contributed by atoms with Crippen LogP contribution in [-0.2, 0) is 20.7 Å². The van der Waals surface area contributed by atoms with Crippen molar-refractivity contribution in [1.29, 1.82) is 0 Å². The highest BCUT2D eigenvalue weighted by Crippen LogP contribution is 2.38. The van der Waals surface area contributed by atoms with Crippen molar-refractivity contribution in [3.8, 4) is 11.5 Å². The molecule has 1 unspecified atom stereocenters. The van der Waals surface area contributed by atoms with Gasteiger partial charge < -0.3 is 29.5 Å². The summed E-state index contributed by atoms with van der Waals surface area (Å²) in [5.41, 5.74) is 2.05. The molecule has 54 heavy (non-hydrogen) atoms. The van der Waals surface area contributed by atoms with Crippen molar-refractivity contribution in [1.82, 2.24) is 4.90 Å². The first kappa shape index (κ1) is 37.7. The summed E-state index contributed by atoms with van der Waals surface area (Å²) in [4.78, 5) is 30.0. The average Bonchev–Trinajstić information content (AvgIpc) is 4.00. The standard InChI is InChI=1S/C40H39Cl2F2N3O7/c41-31-20-47(50)21-32(42)30(31)19-34(27-11-12-33(54-40(43)44)35(18-27)51-23-24-9-10-24)52-38(48)28-7-4-8-29(17-28)45-37(26-5-2-1-3-6-26)39(49)53-36-22-46-15-13-25(36)14-16-46/h1-8,11-12,17-18,20-21,24-25,34,36-37,40,45H,9-10,13-16,19,22-23H2/t34-,36-,37?/m0/s1. The molecule has 4 heterocycles. The van der Waals surface area contributed by atoms with Crippen LogP contribution in [0.1, 0.15) is 64.9 Å². The van der Waals surface area contributed by atoms with E-state index in [1.165, 1.54) is 18.2 Å². The molecular formula is C40H39Cl2F2N3O7. The summed E-state index contributed by atoms with van der Waals surface area (Å²) < 4.78 is 49.8. The molecule has 4 fully saturated rings. The minimum Gasteiger partial charge on any atom is -0.619 e. The van der Waals surface area contributed by atoms with Gasteiger partial charge in [-0.25, -0.2) is 9.59 Å². The summed E-state index contributed by atoms with van der Waals surface area (Å²) in [6, 6.07) is 19.2. The van der Waals surface area contributed by atoms with Crippen molar-refractivity contribution < 1.29 is 42.0 Å². The van der Waals surface area contributed by atoms with Crippen LogP contribution in [0, 0.1) is 17.0 Å². The molecular weight excluding hydrogens is 743 g/mol. The predicted octanol–water partition coefficient (Wildman–Crippen LogP) is 7.95. The van der Waals surface area contributed by atoms with Crippen LogP contribution in [0.25, 0.3) is 0 Å². The van der Waals surface area contributed by atoms with Gasteiger partial charge in [-0.15, -0.1) is 0 Å². The van der Waals surface area contributed by atoms with Gasteiger partial charge in [0.25, 0.3) is 0 Å². The van der Waals surface area contributed by atoms with Gasteiger partial charge in [-0.1, -0.05) is 65.7 Å². The molecule has 4 aromatic rings. The molecule has 3 atom stereocenters. The molecule has 284 valence electrons. The van der Waals surface area contributed by atoms with Crippen LogP contribution in [0.4, 0.5) is 14.5 Å². The first-order valence-electron chi connectivity index (χ1n) is 17.9. The molecule has 10 nitrogen and oxygen atoms in total. The highest BCUT2D eigenvalue weighted by molar-refractivity contribution is 6.35. The van der Waals surface area contributed by atoms with E-state index >= 15 is 0 Å². The monoisotopic (exact) mass is 781 g/mol. The second kappa shape index (κ2) is 16.8. The normalized spacial score (nSPS) is 20.2. The molecule has 3 saturated heterocycles. The number of halogens is 4. The summed E-state index contributed by atoms with van der Waals surface area (Å²) in [6.45, 7) is -0.0281. The van der Waals surface area contributed by atoms with E-state index in [0.29, 0.717) is 52.1 Å². The minimum atomic E-state index is -3.09. The molecule has 0 spiro atoms. The van der Waals surface area contributed by atoms with Crippen LogP contribution in [0.5, 0.6) is 11.5 Å². The number of alkyl halides is 2. The molecule has 0 amide bonds. The lowest BCUT2D eigenvalue weighted by Crippen LogP contribution is -2.52. The van der Waals surface area contributed by atoms with Gasteiger partial charge in [-0.2, -0.15) is 13.5 Å². The smallest absolute Gasteiger partial charge is 0.387 e. The van der Waals surface area contributed by atoms with Crippen molar-refractivity contribution in [2.45, 2.75) is 57.0 Å². The quantitative estimate of drug-likeness (QED) is 0.0730. The molecule has 1 N–H and O–H groups in total. The Morgan fingerprint density at radius 3 is 2.31 bits per heavy atom. The second-order valence-electron chi connectivity index (χ2n) is 13.9. The first-order chi connectivity index (χ1) is 26.1. The summed E-state index contributed by atoms with van der Waals surface area (Å²) in [5.74, 6) is -0.606. The summed E-state index contributed by atoms with van der Waals surface area (Å²) >= 11 is 12.9. The lowest BCUT2D eigenvalue weighted by atomic mass is 9.86. The van der Waals surface area contributed by atoms with Gasteiger partial charge in [0.2, 0.25) is 0 Å². The number of aromatic nitrogens is 1. The number of piperidine rings is 3. The summed E-state index contributed by atoms with van der Waals surface area (Å²) in [6.07, 6.45) is 4.87. The number of nitrogens with zero attached hydrogens (tertiary/aromatic N) is 2. The van der Waals surface area contributed by atoms with E-state index < -0.39 is 30.7 Å². The Hall–Kier alpha value is -4.65. The Balaban J connectivity index is 1.14. The number of nitrogens with one attached hydrogen (secondary N) is 1. The Kier molecular flexibility index (Phi) is 11.7. The average molecular weight is 783 g/mol. The summed E-state index contributed by atoms with van der Waals surface area (Å²) in [5, 5.41) is 15.4.